The first-order valence-corrected chi connectivity index (χ1v) is 12.1. The van der Waals surface area contributed by atoms with Crippen molar-refractivity contribution in [2.24, 2.45) is 0 Å². The largest absolute Gasteiger partial charge is 0.340 e. The zero-order valence-corrected chi connectivity index (χ0v) is 17.5. The molecule has 10 heteroatoms. The summed E-state index contributed by atoms with van der Waals surface area (Å²) in [6.07, 6.45) is 1.68. The van der Waals surface area contributed by atoms with Gasteiger partial charge in [-0.3, -0.25) is 14.9 Å². The Balaban J connectivity index is 1.48. The number of rotatable bonds is 6. The molecule has 2 unspecified atom stereocenters. The van der Waals surface area contributed by atoms with Gasteiger partial charge in [0.15, 0.2) is 0 Å². The van der Waals surface area contributed by atoms with Crippen LogP contribution in [0.3, 0.4) is 0 Å². The second kappa shape index (κ2) is 9.25. The number of thioether (sulfide) groups is 1. The molecule has 2 heterocycles. The zero-order chi connectivity index (χ0) is 20.1. The highest BCUT2D eigenvalue weighted by molar-refractivity contribution is 7.99. The fourth-order valence-electron chi connectivity index (χ4n) is 3.33. The maximum absolute atomic E-state index is 12.6. The lowest BCUT2D eigenvalue weighted by molar-refractivity contribution is -0.133. The van der Waals surface area contributed by atoms with Gasteiger partial charge in [0.1, 0.15) is 5.50 Å². The number of sulfonamides is 1. The molecule has 3 rings (SSSR count). The van der Waals surface area contributed by atoms with Crippen LogP contribution in [0.1, 0.15) is 18.4 Å². The van der Waals surface area contributed by atoms with Gasteiger partial charge >= 0.3 is 0 Å². The molecule has 0 spiro atoms. The van der Waals surface area contributed by atoms with E-state index >= 15 is 0 Å². The zero-order valence-electron chi connectivity index (χ0n) is 15.8. The molecule has 2 N–H and O–H groups in total. The molecule has 0 radical (unpaired) electrons. The van der Waals surface area contributed by atoms with E-state index in [0.717, 1.165) is 5.75 Å². The Morgan fingerprint density at radius 1 is 1.18 bits per heavy atom. The van der Waals surface area contributed by atoms with Crippen LogP contribution in [-0.4, -0.2) is 73.4 Å². The van der Waals surface area contributed by atoms with E-state index in [4.69, 9.17) is 0 Å². The van der Waals surface area contributed by atoms with Gasteiger partial charge in [-0.15, -0.1) is 11.8 Å². The summed E-state index contributed by atoms with van der Waals surface area (Å²) >= 11 is 1.58. The normalized spacial score (nSPS) is 24.0. The summed E-state index contributed by atoms with van der Waals surface area (Å²) in [5, 5.41) is 6.24. The number of amides is 2. The predicted octanol–water partition coefficient (Wildman–Crippen LogP) is 0.175. The summed E-state index contributed by atoms with van der Waals surface area (Å²) < 4.78 is 24.6. The molecule has 154 valence electrons. The van der Waals surface area contributed by atoms with Gasteiger partial charge in [-0.2, -0.15) is 4.31 Å². The Morgan fingerprint density at radius 2 is 1.86 bits per heavy atom. The van der Waals surface area contributed by atoms with Crippen LogP contribution in [0.4, 0.5) is 0 Å². The van der Waals surface area contributed by atoms with Crippen molar-refractivity contribution in [3.05, 3.63) is 35.9 Å². The van der Waals surface area contributed by atoms with E-state index in [9.17, 15) is 18.0 Å². The summed E-state index contributed by atoms with van der Waals surface area (Å²) in [6, 6.07) is 9.78. The number of nitrogens with zero attached hydrogens (tertiary/aromatic N) is 2. The second-order valence-electron chi connectivity index (χ2n) is 7.06. The SMILES string of the molecule is CS(=O)(=O)N1CCN(C(=O)CC2CC(=O)NC(SCc3ccccc3)N2)CC1. The molecule has 0 aromatic heterocycles. The van der Waals surface area contributed by atoms with Crippen molar-refractivity contribution < 1.29 is 18.0 Å². The lowest BCUT2D eigenvalue weighted by Gasteiger charge is -2.35. The van der Waals surface area contributed by atoms with Crippen molar-refractivity contribution >= 4 is 33.6 Å². The molecule has 28 heavy (non-hydrogen) atoms. The topological polar surface area (TPSA) is 98.8 Å². The Morgan fingerprint density at radius 3 is 2.50 bits per heavy atom. The van der Waals surface area contributed by atoms with Gasteiger partial charge in [0.05, 0.1) is 6.26 Å². The van der Waals surface area contributed by atoms with Crippen molar-refractivity contribution in [1.29, 1.82) is 0 Å². The lowest BCUT2D eigenvalue weighted by atomic mass is 10.1. The first-order valence-electron chi connectivity index (χ1n) is 9.25. The molecule has 0 bridgehead atoms. The number of carbonyl (C=O) groups excluding carboxylic acids is 2. The van der Waals surface area contributed by atoms with Crippen molar-refractivity contribution in [2.45, 2.75) is 30.1 Å². The molecule has 2 aliphatic heterocycles. The van der Waals surface area contributed by atoms with Crippen LogP contribution in [0.25, 0.3) is 0 Å². The molecule has 2 aliphatic rings. The Kier molecular flexibility index (Phi) is 6.97. The number of nitrogens with one attached hydrogen (secondary N) is 2. The fourth-order valence-corrected chi connectivity index (χ4v) is 5.21. The average Bonchev–Trinajstić information content (AvgIpc) is 2.66. The van der Waals surface area contributed by atoms with Crippen molar-refractivity contribution in [2.75, 3.05) is 32.4 Å². The monoisotopic (exact) mass is 426 g/mol. The minimum Gasteiger partial charge on any atom is -0.340 e. The molecule has 2 amide bonds. The third kappa shape index (κ3) is 5.94. The molecule has 0 aliphatic carbocycles. The average molecular weight is 427 g/mol. The Hall–Kier alpha value is -1.62. The fraction of sp³-hybridized carbons (Fsp3) is 0.556. The van der Waals surface area contributed by atoms with E-state index in [0.29, 0.717) is 26.2 Å². The van der Waals surface area contributed by atoms with Gasteiger partial charge in [0.2, 0.25) is 21.8 Å². The van der Waals surface area contributed by atoms with Crippen LogP contribution in [0, 0.1) is 0 Å². The second-order valence-corrected chi connectivity index (χ2v) is 10.1. The van der Waals surface area contributed by atoms with Crippen LogP contribution in [0.2, 0.25) is 0 Å². The number of benzene rings is 1. The quantitative estimate of drug-likeness (QED) is 0.673. The smallest absolute Gasteiger partial charge is 0.224 e. The first kappa shape index (κ1) is 21.1. The van der Waals surface area contributed by atoms with Crippen molar-refractivity contribution in [3.63, 3.8) is 0 Å². The summed E-state index contributed by atoms with van der Waals surface area (Å²) in [6.45, 7) is 1.41. The van der Waals surface area contributed by atoms with Crippen molar-refractivity contribution in [1.82, 2.24) is 19.8 Å². The highest BCUT2D eigenvalue weighted by atomic mass is 32.2. The molecule has 2 fully saturated rings. The maximum atomic E-state index is 12.6. The van der Waals surface area contributed by atoms with Crippen LogP contribution in [0.15, 0.2) is 30.3 Å². The summed E-state index contributed by atoms with van der Waals surface area (Å²) in [4.78, 5) is 26.3. The van der Waals surface area contributed by atoms with E-state index in [1.165, 1.54) is 16.1 Å². The van der Waals surface area contributed by atoms with Crippen LogP contribution >= 0.6 is 11.8 Å². The van der Waals surface area contributed by atoms with Crippen molar-refractivity contribution in [3.8, 4) is 0 Å². The van der Waals surface area contributed by atoms with Gasteiger partial charge in [-0.1, -0.05) is 30.3 Å². The number of carbonyl (C=O) groups is 2. The van der Waals surface area contributed by atoms with Crippen LogP contribution in [0.5, 0.6) is 0 Å². The Bertz CT molecular complexity index is 795. The predicted molar refractivity (Wildman–Crippen MR) is 109 cm³/mol. The third-order valence-corrected chi connectivity index (χ3v) is 7.24. The third-order valence-electron chi connectivity index (χ3n) is 4.85. The van der Waals surface area contributed by atoms with Gasteiger partial charge < -0.3 is 10.2 Å². The molecule has 1 aromatic carbocycles. The molecule has 2 saturated heterocycles. The maximum Gasteiger partial charge on any atom is 0.224 e. The van der Waals surface area contributed by atoms with E-state index < -0.39 is 10.0 Å². The van der Waals surface area contributed by atoms with E-state index in [1.54, 1.807) is 16.7 Å². The minimum atomic E-state index is -3.22. The molecule has 2 atom stereocenters. The van der Waals surface area contributed by atoms with Crippen LogP contribution < -0.4 is 10.6 Å². The first-order chi connectivity index (χ1) is 13.3. The highest BCUT2D eigenvalue weighted by Gasteiger charge is 2.31. The van der Waals surface area contributed by atoms with Crippen LogP contribution in [-0.2, 0) is 25.4 Å². The molecule has 8 nitrogen and oxygen atoms in total. The molecular weight excluding hydrogens is 400 g/mol. The Labute approximate surface area is 170 Å². The molecule has 0 saturated carbocycles. The summed E-state index contributed by atoms with van der Waals surface area (Å²) in [5.41, 5.74) is 0.937. The highest BCUT2D eigenvalue weighted by Crippen LogP contribution is 2.19. The molecule has 1 aromatic rings. The van der Waals surface area contributed by atoms with Gasteiger partial charge in [0, 0.05) is 50.8 Å². The van der Waals surface area contributed by atoms with E-state index in [1.807, 2.05) is 30.3 Å². The number of hydrogen-bond donors (Lipinski definition) is 2. The lowest BCUT2D eigenvalue weighted by Crippen LogP contribution is -2.57. The number of piperazine rings is 1. The minimum absolute atomic E-state index is 0.0489. The van der Waals surface area contributed by atoms with Gasteiger partial charge in [-0.05, 0) is 5.56 Å². The standard InChI is InChI=1S/C18H26N4O4S2/c1-28(25,26)22-9-7-21(8-10-22)17(24)12-15-11-16(23)20-18(19-15)27-13-14-5-3-2-4-6-14/h2-6,15,18-19H,7-13H2,1H3,(H,20,23). The van der Waals surface area contributed by atoms with Gasteiger partial charge in [0.25, 0.3) is 0 Å². The van der Waals surface area contributed by atoms with Gasteiger partial charge in [-0.25, -0.2) is 8.42 Å². The summed E-state index contributed by atoms with van der Waals surface area (Å²) in [5.74, 6) is 0.642. The number of hydrogen-bond acceptors (Lipinski definition) is 6. The molecular formula is C18H26N4O4S2. The van der Waals surface area contributed by atoms with E-state index in [2.05, 4.69) is 10.6 Å². The van der Waals surface area contributed by atoms with E-state index in [-0.39, 0.29) is 36.2 Å². The summed E-state index contributed by atoms with van der Waals surface area (Å²) in [7, 11) is -3.22.